The summed E-state index contributed by atoms with van der Waals surface area (Å²) in [5.74, 6) is 0.0954. The van der Waals surface area contributed by atoms with E-state index in [1.165, 1.54) is 29.8 Å². The predicted molar refractivity (Wildman–Crippen MR) is 115 cm³/mol. The number of benzene rings is 2. The normalized spacial score (nSPS) is 11.5. The number of thiophene rings is 1. The quantitative estimate of drug-likeness (QED) is 0.452. The van der Waals surface area contributed by atoms with Crippen molar-refractivity contribution in [3.63, 3.8) is 0 Å². The highest BCUT2D eigenvalue weighted by Crippen LogP contribution is 2.37. The zero-order valence-corrected chi connectivity index (χ0v) is 17.1. The third-order valence-corrected chi connectivity index (χ3v) is 6.70. The van der Waals surface area contributed by atoms with Crippen LogP contribution >= 0.6 is 11.3 Å². The molecule has 0 aliphatic carbocycles. The van der Waals surface area contributed by atoms with E-state index in [2.05, 4.69) is 14.7 Å². The number of ketones is 1. The molecular weight excluding hydrogens is 406 g/mol. The maximum atomic E-state index is 13.0. The summed E-state index contributed by atoms with van der Waals surface area (Å²) < 4.78 is 28.6. The van der Waals surface area contributed by atoms with Gasteiger partial charge in [0.05, 0.1) is 10.3 Å². The zero-order chi connectivity index (χ0) is 20.4. The molecule has 0 fully saturated rings. The number of hydrogen-bond acceptors (Lipinski definition) is 6. The number of aromatic nitrogens is 2. The monoisotopic (exact) mass is 423 g/mol. The summed E-state index contributed by atoms with van der Waals surface area (Å²) in [7, 11) is -3.93. The maximum Gasteiger partial charge on any atom is 0.263 e. The number of carbonyl (C=O) groups excluding carboxylic acids is 1. The van der Waals surface area contributed by atoms with E-state index < -0.39 is 10.0 Å². The molecule has 0 aliphatic heterocycles. The van der Waals surface area contributed by atoms with Crippen LogP contribution in [0.3, 0.4) is 0 Å². The topological polar surface area (TPSA) is 89.0 Å². The van der Waals surface area contributed by atoms with Gasteiger partial charge in [0.1, 0.15) is 11.2 Å². The van der Waals surface area contributed by atoms with Crippen molar-refractivity contribution in [1.82, 2.24) is 9.97 Å². The van der Waals surface area contributed by atoms with Crippen molar-refractivity contribution in [2.24, 2.45) is 0 Å². The third-order valence-electron chi connectivity index (χ3n) is 4.47. The minimum atomic E-state index is -3.93. The van der Waals surface area contributed by atoms with Gasteiger partial charge in [0.2, 0.25) is 0 Å². The fraction of sp³-hybridized carbons (Fsp3) is 0.0952. The second-order valence-corrected chi connectivity index (χ2v) is 8.87. The van der Waals surface area contributed by atoms with Crippen LogP contribution in [-0.2, 0) is 10.0 Å². The summed E-state index contributed by atoms with van der Waals surface area (Å²) >= 11 is 1.42. The molecule has 0 radical (unpaired) electrons. The molecule has 0 saturated heterocycles. The average Bonchev–Trinajstić information content (AvgIpc) is 3.19. The number of rotatable bonds is 6. The molecule has 4 rings (SSSR count). The minimum Gasteiger partial charge on any atom is -0.294 e. The van der Waals surface area contributed by atoms with Crippen LogP contribution in [0, 0.1) is 0 Å². The third kappa shape index (κ3) is 3.76. The number of fused-ring (bicyclic) bond motifs is 1. The van der Waals surface area contributed by atoms with E-state index in [1.807, 2.05) is 35.7 Å². The Bertz CT molecular complexity index is 1300. The van der Waals surface area contributed by atoms with Crippen LogP contribution in [0.4, 0.5) is 5.82 Å². The molecule has 0 atom stereocenters. The highest BCUT2D eigenvalue weighted by atomic mass is 32.2. The van der Waals surface area contributed by atoms with Crippen LogP contribution in [0.2, 0.25) is 0 Å². The first kappa shape index (κ1) is 19.2. The lowest BCUT2D eigenvalue weighted by molar-refractivity contribution is 0.0988. The molecule has 1 N–H and O–H groups in total. The van der Waals surface area contributed by atoms with Gasteiger partial charge in [0.15, 0.2) is 11.6 Å². The van der Waals surface area contributed by atoms with E-state index in [9.17, 15) is 13.2 Å². The Hall–Kier alpha value is -3.10. The van der Waals surface area contributed by atoms with Crippen molar-refractivity contribution >= 4 is 43.2 Å². The largest absolute Gasteiger partial charge is 0.294 e. The number of nitrogens with zero attached hydrogens (tertiary/aromatic N) is 2. The van der Waals surface area contributed by atoms with Gasteiger partial charge in [0, 0.05) is 22.9 Å². The second-order valence-electron chi connectivity index (χ2n) is 6.33. The molecule has 2 aromatic heterocycles. The fourth-order valence-electron chi connectivity index (χ4n) is 3.01. The predicted octanol–water partition coefficient (Wildman–Crippen LogP) is 4.75. The number of sulfonamides is 1. The Labute approximate surface area is 172 Å². The summed E-state index contributed by atoms with van der Waals surface area (Å²) in [6, 6.07) is 15.7. The van der Waals surface area contributed by atoms with Crippen LogP contribution in [0.15, 0.2) is 71.2 Å². The lowest BCUT2D eigenvalue weighted by atomic mass is 10.1. The molecule has 0 aliphatic rings. The average molecular weight is 424 g/mol. The lowest BCUT2D eigenvalue weighted by Crippen LogP contribution is -2.15. The smallest absolute Gasteiger partial charge is 0.263 e. The van der Waals surface area contributed by atoms with Crippen LogP contribution < -0.4 is 4.72 Å². The molecule has 8 heteroatoms. The first-order valence-corrected chi connectivity index (χ1v) is 11.3. The molecule has 0 bridgehead atoms. The summed E-state index contributed by atoms with van der Waals surface area (Å²) in [4.78, 5) is 21.1. The molecule has 4 aromatic rings. The number of carbonyl (C=O) groups is 1. The van der Waals surface area contributed by atoms with Crippen molar-refractivity contribution in [1.29, 1.82) is 0 Å². The van der Waals surface area contributed by atoms with Gasteiger partial charge in [-0.15, -0.1) is 11.3 Å². The van der Waals surface area contributed by atoms with E-state index in [-0.39, 0.29) is 16.5 Å². The summed E-state index contributed by atoms with van der Waals surface area (Å²) in [6.45, 7) is 1.74. The molecule has 0 spiro atoms. The molecule has 29 heavy (non-hydrogen) atoms. The SMILES string of the molecule is CCC(=O)c1cccc(S(=O)(=O)Nc2ncnc3scc(-c4ccccc4)c23)c1. The molecular formula is C21H17N3O3S2. The Kier molecular flexibility index (Phi) is 5.12. The first-order valence-electron chi connectivity index (χ1n) is 8.93. The first-order chi connectivity index (χ1) is 14.0. The van der Waals surface area contributed by atoms with E-state index in [0.29, 0.717) is 22.2 Å². The van der Waals surface area contributed by atoms with Crippen molar-refractivity contribution in [2.75, 3.05) is 4.72 Å². The zero-order valence-electron chi connectivity index (χ0n) is 15.5. The summed E-state index contributed by atoms with van der Waals surface area (Å²) in [5.41, 5.74) is 2.17. The Balaban J connectivity index is 1.78. The van der Waals surface area contributed by atoms with Crippen LogP contribution in [0.25, 0.3) is 21.3 Å². The Morgan fingerprint density at radius 1 is 1.07 bits per heavy atom. The van der Waals surface area contributed by atoms with E-state index in [1.54, 1.807) is 19.1 Å². The highest BCUT2D eigenvalue weighted by molar-refractivity contribution is 7.92. The van der Waals surface area contributed by atoms with Gasteiger partial charge < -0.3 is 0 Å². The highest BCUT2D eigenvalue weighted by Gasteiger charge is 2.20. The minimum absolute atomic E-state index is 0.0139. The van der Waals surface area contributed by atoms with Crippen molar-refractivity contribution in [3.05, 3.63) is 71.9 Å². The van der Waals surface area contributed by atoms with Gasteiger partial charge >= 0.3 is 0 Å². The molecule has 6 nitrogen and oxygen atoms in total. The molecule has 2 aromatic carbocycles. The number of nitrogens with one attached hydrogen (secondary N) is 1. The van der Waals surface area contributed by atoms with Gasteiger partial charge in [-0.05, 0) is 17.7 Å². The standard InChI is InChI=1S/C21H17N3O3S2/c1-2-18(25)15-9-6-10-16(11-15)29(26,27)24-20-19-17(14-7-4-3-5-8-14)12-28-21(19)23-13-22-20/h3-13H,2H2,1H3,(H,22,23,24). The summed E-state index contributed by atoms with van der Waals surface area (Å²) in [5, 5.41) is 2.58. The molecule has 146 valence electrons. The maximum absolute atomic E-state index is 13.0. The molecule has 2 heterocycles. The van der Waals surface area contributed by atoms with Crippen LogP contribution in [-0.4, -0.2) is 24.2 Å². The number of Topliss-reactive ketones (excluding diaryl/α,β-unsaturated/α-hetero) is 1. The lowest BCUT2D eigenvalue weighted by Gasteiger charge is -2.10. The molecule has 0 amide bonds. The van der Waals surface area contributed by atoms with Gasteiger partial charge in [-0.1, -0.05) is 49.4 Å². The van der Waals surface area contributed by atoms with Crippen LogP contribution in [0.5, 0.6) is 0 Å². The van der Waals surface area contributed by atoms with Gasteiger partial charge in [-0.25, -0.2) is 18.4 Å². The second kappa shape index (κ2) is 7.73. The van der Waals surface area contributed by atoms with E-state index in [4.69, 9.17) is 0 Å². The summed E-state index contributed by atoms with van der Waals surface area (Å²) in [6.07, 6.45) is 1.64. The van der Waals surface area contributed by atoms with E-state index >= 15 is 0 Å². The van der Waals surface area contributed by atoms with Crippen molar-refractivity contribution < 1.29 is 13.2 Å². The van der Waals surface area contributed by atoms with E-state index in [0.717, 1.165) is 11.1 Å². The van der Waals surface area contributed by atoms with Crippen LogP contribution in [0.1, 0.15) is 23.7 Å². The van der Waals surface area contributed by atoms with Crippen molar-refractivity contribution in [2.45, 2.75) is 18.2 Å². The number of anilines is 1. The van der Waals surface area contributed by atoms with Crippen molar-refractivity contribution in [3.8, 4) is 11.1 Å². The van der Waals surface area contributed by atoms with Gasteiger partial charge in [0.25, 0.3) is 10.0 Å². The Morgan fingerprint density at radius 3 is 2.62 bits per heavy atom. The Morgan fingerprint density at radius 2 is 1.86 bits per heavy atom. The van der Waals surface area contributed by atoms with Gasteiger partial charge in [-0.3, -0.25) is 9.52 Å². The molecule has 0 unspecified atom stereocenters. The van der Waals surface area contributed by atoms with Gasteiger partial charge in [-0.2, -0.15) is 0 Å². The molecule has 0 saturated carbocycles. The number of hydrogen-bond donors (Lipinski definition) is 1. The fourth-order valence-corrected chi connectivity index (χ4v) is 4.99.